The first-order valence-corrected chi connectivity index (χ1v) is 20.3. The van der Waals surface area contributed by atoms with Gasteiger partial charge in [0.05, 0.1) is 27.7 Å². The van der Waals surface area contributed by atoms with Crippen LogP contribution in [0, 0.1) is 0 Å². The van der Waals surface area contributed by atoms with E-state index in [1.165, 1.54) is 103 Å². The number of carbonyl (C=O) groups is 2. The molecule has 0 heterocycles. The standard InChI is InChI=1S/C36H72NO8P/c1-6-8-10-12-14-16-18-20-22-24-26-28-35(38)42-32-34(33-44-46(40,41)43-31-30-37(3,4)5)45-36(39)29-27-25-23-21-19-17-15-13-11-9-7-2/h34H,6-33H2,1-5H3/p+1/t34-/m1/s1. The Balaban J connectivity index is 4.44. The largest absolute Gasteiger partial charge is 0.472 e. The van der Waals surface area contributed by atoms with Crippen LogP contribution in [0.4, 0.5) is 0 Å². The normalized spacial score (nSPS) is 13.8. The van der Waals surface area contributed by atoms with Gasteiger partial charge in [0.15, 0.2) is 6.10 Å². The van der Waals surface area contributed by atoms with Gasteiger partial charge in [0.2, 0.25) is 0 Å². The van der Waals surface area contributed by atoms with Crippen LogP contribution in [0.2, 0.25) is 0 Å². The first-order chi connectivity index (χ1) is 22.0. The van der Waals surface area contributed by atoms with Crippen molar-refractivity contribution in [2.75, 3.05) is 47.5 Å². The van der Waals surface area contributed by atoms with Crippen molar-refractivity contribution in [1.29, 1.82) is 0 Å². The third-order valence-corrected chi connectivity index (χ3v) is 9.12. The second-order valence-electron chi connectivity index (χ2n) is 14.0. The van der Waals surface area contributed by atoms with Gasteiger partial charge in [-0.3, -0.25) is 18.6 Å². The summed E-state index contributed by atoms with van der Waals surface area (Å²) >= 11 is 0. The number of likely N-dealkylation sites (N-methyl/N-ethyl adjacent to an activating group) is 1. The van der Waals surface area contributed by atoms with E-state index in [0.29, 0.717) is 23.9 Å². The van der Waals surface area contributed by atoms with Gasteiger partial charge in [-0.1, -0.05) is 142 Å². The molecule has 274 valence electrons. The summed E-state index contributed by atoms with van der Waals surface area (Å²) in [5.74, 6) is -0.793. The molecule has 1 N–H and O–H groups in total. The Kier molecular flexibility index (Phi) is 29.4. The second kappa shape index (κ2) is 30.1. The third-order valence-electron chi connectivity index (χ3n) is 8.14. The minimum Gasteiger partial charge on any atom is -0.462 e. The van der Waals surface area contributed by atoms with Gasteiger partial charge in [0, 0.05) is 12.8 Å². The van der Waals surface area contributed by atoms with Crippen LogP contribution in [-0.4, -0.2) is 74.9 Å². The van der Waals surface area contributed by atoms with E-state index in [4.69, 9.17) is 18.5 Å². The number of hydrogen-bond acceptors (Lipinski definition) is 7. The summed E-state index contributed by atoms with van der Waals surface area (Å²) in [5.41, 5.74) is 0. The van der Waals surface area contributed by atoms with E-state index >= 15 is 0 Å². The van der Waals surface area contributed by atoms with E-state index in [1.807, 2.05) is 21.1 Å². The van der Waals surface area contributed by atoms with Crippen molar-refractivity contribution < 1.29 is 42.1 Å². The third kappa shape index (κ3) is 32.9. The Morgan fingerprint density at radius 1 is 0.587 bits per heavy atom. The predicted octanol–water partition coefficient (Wildman–Crippen LogP) is 9.68. The molecule has 0 fully saturated rings. The summed E-state index contributed by atoms with van der Waals surface area (Å²) < 4.78 is 34.1. The molecule has 0 saturated carbocycles. The van der Waals surface area contributed by atoms with Crippen molar-refractivity contribution in [1.82, 2.24) is 0 Å². The topological polar surface area (TPSA) is 108 Å². The van der Waals surface area contributed by atoms with Gasteiger partial charge in [0.25, 0.3) is 0 Å². The Morgan fingerprint density at radius 2 is 0.978 bits per heavy atom. The van der Waals surface area contributed by atoms with Crippen LogP contribution in [0.15, 0.2) is 0 Å². The maximum Gasteiger partial charge on any atom is 0.472 e. The molecular formula is C36H73NO8P+. The molecule has 0 radical (unpaired) electrons. The lowest BCUT2D eigenvalue weighted by Gasteiger charge is -2.24. The van der Waals surface area contributed by atoms with Crippen molar-refractivity contribution >= 4 is 19.8 Å². The van der Waals surface area contributed by atoms with Crippen molar-refractivity contribution in [2.45, 2.75) is 174 Å². The number of phosphoric acid groups is 1. The summed E-state index contributed by atoms with van der Waals surface area (Å²) in [4.78, 5) is 35.1. The highest BCUT2D eigenvalue weighted by atomic mass is 31.2. The van der Waals surface area contributed by atoms with Gasteiger partial charge >= 0.3 is 19.8 Å². The minimum absolute atomic E-state index is 0.0362. The molecule has 0 amide bonds. The molecule has 46 heavy (non-hydrogen) atoms. The van der Waals surface area contributed by atoms with E-state index in [2.05, 4.69) is 13.8 Å². The zero-order chi connectivity index (χ0) is 34.4. The maximum absolute atomic E-state index is 12.6. The Labute approximate surface area is 283 Å². The molecule has 0 aliphatic heterocycles. The van der Waals surface area contributed by atoms with Crippen molar-refractivity contribution in [3.63, 3.8) is 0 Å². The fraction of sp³-hybridized carbons (Fsp3) is 0.944. The zero-order valence-corrected chi connectivity index (χ0v) is 31.5. The minimum atomic E-state index is -4.35. The van der Waals surface area contributed by atoms with Gasteiger partial charge in [-0.05, 0) is 12.8 Å². The molecule has 0 bridgehead atoms. The highest BCUT2D eigenvalue weighted by Gasteiger charge is 2.27. The average Bonchev–Trinajstić information content (AvgIpc) is 2.99. The van der Waals surface area contributed by atoms with Crippen molar-refractivity contribution in [3.05, 3.63) is 0 Å². The molecule has 0 spiro atoms. The SMILES string of the molecule is CCCCCCCCCCCCCC(=O)OC[C@H](COP(=O)(O)OCC[N+](C)(C)C)OC(=O)CCCCCCCCCCCCC. The highest BCUT2D eigenvalue weighted by molar-refractivity contribution is 7.47. The van der Waals surface area contributed by atoms with Gasteiger partial charge in [-0.15, -0.1) is 0 Å². The van der Waals surface area contributed by atoms with E-state index in [-0.39, 0.29) is 25.6 Å². The number of ether oxygens (including phenoxy) is 2. The molecule has 0 saturated heterocycles. The van der Waals surface area contributed by atoms with Crippen molar-refractivity contribution in [2.24, 2.45) is 0 Å². The van der Waals surface area contributed by atoms with Crippen LogP contribution in [0.5, 0.6) is 0 Å². The summed E-state index contributed by atoms with van der Waals surface area (Å²) in [6.45, 7) is 4.40. The van der Waals surface area contributed by atoms with Crippen LogP contribution in [-0.2, 0) is 32.7 Å². The lowest BCUT2D eigenvalue weighted by molar-refractivity contribution is -0.870. The summed E-state index contributed by atoms with van der Waals surface area (Å²) in [6, 6.07) is 0. The first kappa shape index (κ1) is 45.0. The highest BCUT2D eigenvalue weighted by Crippen LogP contribution is 2.43. The predicted molar refractivity (Wildman–Crippen MR) is 188 cm³/mol. The molecule has 2 atom stereocenters. The van der Waals surface area contributed by atoms with E-state index in [9.17, 15) is 19.0 Å². The molecule has 0 aliphatic carbocycles. The molecule has 0 aromatic rings. The molecule has 0 aromatic carbocycles. The van der Waals surface area contributed by atoms with Gasteiger partial charge in [-0.2, -0.15) is 0 Å². The monoisotopic (exact) mass is 679 g/mol. The summed E-state index contributed by atoms with van der Waals surface area (Å²) in [6.07, 6.45) is 25.7. The van der Waals surface area contributed by atoms with E-state index in [0.717, 1.165) is 32.1 Å². The number of esters is 2. The van der Waals surface area contributed by atoms with Crippen LogP contribution in [0.25, 0.3) is 0 Å². The number of unbranched alkanes of at least 4 members (excludes halogenated alkanes) is 20. The second-order valence-corrected chi connectivity index (χ2v) is 15.4. The molecule has 10 heteroatoms. The zero-order valence-electron chi connectivity index (χ0n) is 30.6. The number of carbonyl (C=O) groups excluding carboxylic acids is 2. The van der Waals surface area contributed by atoms with E-state index < -0.39 is 26.5 Å². The van der Waals surface area contributed by atoms with Crippen LogP contribution in [0.1, 0.15) is 168 Å². The molecular weight excluding hydrogens is 605 g/mol. The number of rotatable bonds is 34. The Hall–Kier alpha value is -0.990. The smallest absolute Gasteiger partial charge is 0.462 e. The molecule has 0 aromatic heterocycles. The summed E-state index contributed by atoms with van der Waals surface area (Å²) in [7, 11) is 1.49. The van der Waals surface area contributed by atoms with Gasteiger partial charge < -0.3 is 18.9 Å². The maximum atomic E-state index is 12.6. The van der Waals surface area contributed by atoms with Crippen LogP contribution in [0.3, 0.4) is 0 Å². The first-order valence-electron chi connectivity index (χ1n) is 18.8. The van der Waals surface area contributed by atoms with Gasteiger partial charge in [-0.25, -0.2) is 4.57 Å². The summed E-state index contributed by atoms with van der Waals surface area (Å²) in [5, 5.41) is 0. The number of phosphoric ester groups is 1. The average molecular weight is 679 g/mol. The van der Waals surface area contributed by atoms with Crippen LogP contribution >= 0.6 is 7.82 Å². The lowest BCUT2D eigenvalue weighted by atomic mass is 10.1. The van der Waals surface area contributed by atoms with Gasteiger partial charge in [0.1, 0.15) is 19.8 Å². The van der Waals surface area contributed by atoms with E-state index in [1.54, 1.807) is 0 Å². The number of quaternary nitrogens is 1. The Morgan fingerprint density at radius 3 is 1.39 bits per heavy atom. The molecule has 0 aliphatic rings. The quantitative estimate of drug-likeness (QED) is 0.0310. The number of hydrogen-bond donors (Lipinski definition) is 1. The Bertz CT molecular complexity index is 774. The lowest BCUT2D eigenvalue weighted by Crippen LogP contribution is -2.37. The number of nitrogens with zero attached hydrogens (tertiary/aromatic N) is 1. The fourth-order valence-electron chi connectivity index (χ4n) is 5.13. The van der Waals surface area contributed by atoms with Crippen LogP contribution < -0.4 is 0 Å². The molecule has 0 rings (SSSR count). The molecule has 9 nitrogen and oxygen atoms in total. The van der Waals surface area contributed by atoms with Crippen molar-refractivity contribution in [3.8, 4) is 0 Å². The molecule has 1 unspecified atom stereocenters. The fourth-order valence-corrected chi connectivity index (χ4v) is 5.87.